The van der Waals surface area contributed by atoms with E-state index in [1.54, 1.807) is 13.0 Å². The Hall–Kier alpha value is -2.63. The Morgan fingerprint density at radius 1 is 1.50 bits per heavy atom. The number of hydrogen-bond acceptors (Lipinski definition) is 4. The lowest BCUT2D eigenvalue weighted by molar-refractivity contribution is -0.386. The first-order chi connectivity index (χ1) is 9.43. The van der Waals surface area contributed by atoms with E-state index in [-0.39, 0.29) is 12.4 Å². The highest BCUT2D eigenvalue weighted by Gasteiger charge is 2.29. The predicted molar refractivity (Wildman–Crippen MR) is 74.4 cm³/mol. The Morgan fingerprint density at radius 2 is 2.15 bits per heavy atom. The lowest BCUT2D eigenvalue weighted by atomic mass is 9.99. The molecule has 0 atom stereocenters. The summed E-state index contributed by atoms with van der Waals surface area (Å²) in [6.45, 7) is 8.75. The van der Waals surface area contributed by atoms with Crippen LogP contribution >= 0.6 is 0 Å². The van der Waals surface area contributed by atoms with Crippen LogP contribution in [-0.2, 0) is 6.42 Å². The number of nitro benzene ring substituents is 1. The summed E-state index contributed by atoms with van der Waals surface area (Å²) < 4.78 is 5.30. The largest absolute Gasteiger partial charge is 0.482 e. The Kier molecular flexibility index (Phi) is 5.02. The van der Waals surface area contributed by atoms with Crippen molar-refractivity contribution in [2.75, 3.05) is 6.61 Å². The van der Waals surface area contributed by atoms with E-state index in [9.17, 15) is 14.9 Å². The molecule has 0 saturated heterocycles. The third-order valence-electron chi connectivity index (χ3n) is 2.73. The maximum absolute atomic E-state index is 11.2. The van der Waals surface area contributed by atoms with Gasteiger partial charge in [0.1, 0.15) is 12.2 Å². The highest BCUT2D eigenvalue weighted by Crippen LogP contribution is 2.37. The number of hydrogen-bond donors (Lipinski definition) is 1. The fourth-order valence-corrected chi connectivity index (χ4v) is 1.83. The van der Waals surface area contributed by atoms with Gasteiger partial charge < -0.3 is 9.84 Å². The van der Waals surface area contributed by atoms with E-state index in [1.165, 1.54) is 12.1 Å². The average molecular weight is 277 g/mol. The average Bonchev–Trinajstić information content (AvgIpc) is 2.38. The van der Waals surface area contributed by atoms with Gasteiger partial charge in [0.15, 0.2) is 0 Å². The van der Waals surface area contributed by atoms with Crippen LogP contribution in [0.25, 0.3) is 0 Å². The number of carboxylic acids is 1. The minimum atomic E-state index is -1.37. The number of allylic oxidation sites excluding steroid dienone is 1. The molecule has 6 heteroatoms. The van der Waals surface area contributed by atoms with Gasteiger partial charge in [-0.3, -0.25) is 10.1 Å². The van der Waals surface area contributed by atoms with Crippen LogP contribution in [0.4, 0.5) is 5.69 Å². The molecule has 20 heavy (non-hydrogen) atoms. The molecule has 0 aliphatic rings. The molecular weight excluding hydrogens is 262 g/mol. The first-order valence-corrected chi connectivity index (χ1v) is 5.82. The second kappa shape index (κ2) is 6.51. The zero-order valence-corrected chi connectivity index (χ0v) is 11.1. The minimum Gasteiger partial charge on any atom is -0.482 e. The number of rotatable bonds is 7. The van der Waals surface area contributed by atoms with E-state index in [0.29, 0.717) is 17.5 Å². The highest BCUT2D eigenvalue weighted by molar-refractivity contribution is 5.94. The van der Waals surface area contributed by atoms with Crippen LogP contribution in [-0.4, -0.2) is 22.6 Å². The van der Waals surface area contributed by atoms with Gasteiger partial charge in [-0.05, 0) is 25.0 Å². The van der Waals surface area contributed by atoms with Gasteiger partial charge in [-0.1, -0.05) is 18.7 Å². The summed E-state index contributed by atoms with van der Waals surface area (Å²) >= 11 is 0. The van der Waals surface area contributed by atoms with Crippen molar-refractivity contribution in [2.24, 2.45) is 0 Å². The van der Waals surface area contributed by atoms with Crippen LogP contribution in [0.2, 0.25) is 0 Å². The monoisotopic (exact) mass is 277 g/mol. The van der Waals surface area contributed by atoms with Crippen LogP contribution in [0.15, 0.2) is 31.4 Å². The summed E-state index contributed by atoms with van der Waals surface area (Å²) in [5, 5.41) is 20.3. The summed E-state index contributed by atoms with van der Waals surface area (Å²) in [5.74, 6) is -1.41. The molecule has 0 aliphatic heterocycles. The standard InChI is InChI=1S/C14H15NO5/c1-4-6-10-8-11(14(16)17)12(15(18)19)13(9(10)3)20-7-5-2/h4-5,8H,1-2,6-7H2,3H3,(H,16,17). The molecule has 0 radical (unpaired) electrons. The summed E-state index contributed by atoms with van der Waals surface area (Å²) in [6.07, 6.45) is 3.43. The second-order valence-corrected chi connectivity index (χ2v) is 4.04. The molecule has 1 aromatic rings. The van der Waals surface area contributed by atoms with Crippen molar-refractivity contribution in [3.63, 3.8) is 0 Å². The molecule has 1 aromatic carbocycles. The van der Waals surface area contributed by atoms with E-state index in [1.807, 2.05) is 0 Å². The number of benzene rings is 1. The molecule has 0 bridgehead atoms. The lowest BCUT2D eigenvalue weighted by Crippen LogP contribution is -2.09. The number of nitrogens with zero attached hydrogens (tertiary/aromatic N) is 1. The molecule has 0 unspecified atom stereocenters. The van der Waals surface area contributed by atoms with Gasteiger partial charge in [0.2, 0.25) is 5.75 Å². The Bertz CT molecular complexity index is 577. The van der Waals surface area contributed by atoms with Crippen molar-refractivity contribution < 1.29 is 19.6 Å². The van der Waals surface area contributed by atoms with Gasteiger partial charge in [0, 0.05) is 5.56 Å². The molecule has 0 aliphatic carbocycles. The van der Waals surface area contributed by atoms with E-state index < -0.39 is 22.1 Å². The maximum Gasteiger partial charge on any atom is 0.342 e. The fourth-order valence-electron chi connectivity index (χ4n) is 1.83. The van der Waals surface area contributed by atoms with Gasteiger partial charge in [-0.25, -0.2) is 4.79 Å². The Labute approximate surface area is 116 Å². The molecular formula is C14H15NO5. The van der Waals surface area contributed by atoms with Crippen molar-refractivity contribution in [1.82, 2.24) is 0 Å². The zero-order valence-electron chi connectivity index (χ0n) is 11.1. The fraction of sp³-hybridized carbons (Fsp3) is 0.214. The number of aromatic carboxylic acids is 1. The smallest absolute Gasteiger partial charge is 0.342 e. The molecule has 6 nitrogen and oxygen atoms in total. The Balaban J connectivity index is 3.63. The molecule has 106 valence electrons. The minimum absolute atomic E-state index is 0.0355. The van der Waals surface area contributed by atoms with E-state index in [2.05, 4.69) is 13.2 Å². The van der Waals surface area contributed by atoms with Gasteiger partial charge in [-0.15, -0.1) is 6.58 Å². The lowest BCUT2D eigenvalue weighted by Gasteiger charge is -2.13. The van der Waals surface area contributed by atoms with E-state index in [0.717, 1.165) is 0 Å². The topological polar surface area (TPSA) is 89.7 Å². The van der Waals surface area contributed by atoms with Gasteiger partial charge >= 0.3 is 11.7 Å². The number of nitro groups is 1. The molecule has 0 saturated carbocycles. The summed E-state index contributed by atoms with van der Waals surface area (Å²) in [5.41, 5.74) is 0.228. The molecule has 0 amide bonds. The maximum atomic E-state index is 11.2. The van der Waals surface area contributed by atoms with Crippen LogP contribution < -0.4 is 4.74 Å². The summed E-state index contributed by atoms with van der Waals surface area (Å²) in [4.78, 5) is 21.6. The second-order valence-electron chi connectivity index (χ2n) is 4.04. The van der Waals surface area contributed by atoms with Gasteiger partial charge in [0.25, 0.3) is 0 Å². The van der Waals surface area contributed by atoms with E-state index in [4.69, 9.17) is 9.84 Å². The van der Waals surface area contributed by atoms with Crippen LogP contribution in [0, 0.1) is 17.0 Å². The predicted octanol–water partition coefficient (Wildman–Crippen LogP) is 2.89. The van der Waals surface area contributed by atoms with E-state index >= 15 is 0 Å². The van der Waals surface area contributed by atoms with Crippen LogP contribution in [0.5, 0.6) is 5.75 Å². The van der Waals surface area contributed by atoms with Crippen molar-refractivity contribution in [2.45, 2.75) is 13.3 Å². The first-order valence-electron chi connectivity index (χ1n) is 5.82. The first kappa shape index (κ1) is 15.4. The molecule has 0 aromatic heterocycles. The number of carbonyl (C=O) groups is 1. The molecule has 1 N–H and O–H groups in total. The van der Waals surface area contributed by atoms with Gasteiger partial charge in [0.05, 0.1) is 4.92 Å². The van der Waals surface area contributed by atoms with Crippen molar-refractivity contribution in [3.05, 3.63) is 58.2 Å². The van der Waals surface area contributed by atoms with Crippen molar-refractivity contribution in [3.8, 4) is 5.75 Å². The Morgan fingerprint density at radius 3 is 2.60 bits per heavy atom. The third-order valence-corrected chi connectivity index (χ3v) is 2.73. The molecule has 1 rings (SSSR count). The van der Waals surface area contributed by atoms with Crippen LogP contribution in [0.3, 0.4) is 0 Å². The summed E-state index contributed by atoms with van der Waals surface area (Å²) in [7, 11) is 0. The highest BCUT2D eigenvalue weighted by atomic mass is 16.6. The number of ether oxygens (including phenoxy) is 1. The SMILES string of the molecule is C=CCOc1c(C)c(CC=C)cc(C(=O)O)c1[N+](=O)[O-]. The van der Waals surface area contributed by atoms with Gasteiger partial charge in [-0.2, -0.15) is 0 Å². The van der Waals surface area contributed by atoms with Crippen molar-refractivity contribution in [1.29, 1.82) is 0 Å². The molecule has 0 fully saturated rings. The molecule has 0 heterocycles. The number of carboxylic acid groups (broad SMARTS) is 1. The molecule has 0 spiro atoms. The summed E-state index contributed by atoms with van der Waals surface area (Å²) in [6, 6.07) is 1.29. The zero-order chi connectivity index (χ0) is 15.3. The quantitative estimate of drug-likeness (QED) is 0.470. The van der Waals surface area contributed by atoms with Crippen molar-refractivity contribution >= 4 is 11.7 Å². The third kappa shape index (κ3) is 3.03. The normalized spacial score (nSPS) is 9.85. The van der Waals surface area contributed by atoms with Crippen LogP contribution in [0.1, 0.15) is 21.5 Å².